The van der Waals surface area contributed by atoms with Crippen LogP contribution in [0.25, 0.3) is 0 Å². The molecule has 0 saturated carbocycles. The van der Waals surface area contributed by atoms with Crippen LogP contribution in [-0.2, 0) is 0 Å². The first-order valence-corrected chi connectivity index (χ1v) is 3.46. The van der Waals surface area contributed by atoms with Crippen LogP contribution in [0.15, 0.2) is 18.2 Å². The van der Waals surface area contributed by atoms with Crippen LogP contribution in [0.3, 0.4) is 0 Å². The normalized spacial score (nSPS) is 9.42. The van der Waals surface area contributed by atoms with Crippen molar-refractivity contribution in [3.05, 3.63) is 23.2 Å². The Bertz CT molecular complexity index is 314. The number of carboxylic acid groups (broad SMARTS) is 1. The molecule has 3 N–H and O–H groups in total. The average molecular weight is 188 g/mol. The topological polar surface area (TPSA) is 69.6 Å². The Labute approximate surface area is 73.4 Å². The van der Waals surface area contributed by atoms with Gasteiger partial charge in [0.05, 0.1) is 5.02 Å². The first-order valence-electron chi connectivity index (χ1n) is 3.08. The molecule has 0 aliphatic carbocycles. The number of halogens is 1. The molecule has 0 aliphatic rings. The molecule has 1 amide bonds. The Kier molecular flexibility index (Phi) is 2.40. The zero-order chi connectivity index (χ0) is 9.14. The molecule has 0 aliphatic heterocycles. The molecule has 0 radical (unpaired) electrons. The van der Waals surface area contributed by atoms with Gasteiger partial charge in [0.25, 0.3) is 0 Å². The van der Waals surface area contributed by atoms with Crippen LogP contribution < -0.4 is 5.32 Å². The summed E-state index contributed by atoms with van der Waals surface area (Å²) in [6.45, 7) is 0. The smallest absolute Gasteiger partial charge is 0.409 e. The van der Waals surface area contributed by atoms with Crippen molar-refractivity contribution in [2.75, 3.05) is 5.32 Å². The van der Waals surface area contributed by atoms with Gasteiger partial charge in [-0.25, -0.2) is 4.79 Å². The fourth-order valence-electron chi connectivity index (χ4n) is 0.714. The van der Waals surface area contributed by atoms with Gasteiger partial charge in [-0.3, -0.25) is 5.32 Å². The highest BCUT2D eigenvalue weighted by Crippen LogP contribution is 2.25. The third-order valence-electron chi connectivity index (χ3n) is 1.20. The number of phenols is 1. The van der Waals surface area contributed by atoms with Crippen LogP contribution >= 0.6 is 11.6 Å². The second-order valence-corrected chi connectivity index (χ2v) is 2.50. The van der Waals surface area contributed by atoms with Gasteiger partial charge in [-0.1, -0.05) is 11.6 Å². The number of anilines is 1. The quantitative estimate of drug-likeness (QED) is 0.631. The molecule has 0 spiro atoms. The fourth-order valence-corrected chi connectivity index (χ4v) is 0.831. The lowest BCUT2D eigenvalue weighted by Crippen LogP contribution is -2.06. The number of hydrogen-bond donors (Lipinski definition) is 3. The highest BCUT2D eigenvalue weighted by molar-refractivity contribution is 6.32. The van der Waals surface area contributed by atoms with E-state index in [0.29, 0.717) is 0 Å². The summed E-state index contributed by atoms with van der Waals surface area (Å²) < 4.78 is 0. The van der Waals surface area contributed by atoms with Gasteiger partial charge in [0, 0.05) is 11.8 Å². The fraction of sp³-hybridized carbons (Fsp3) is 0. The van der Waals surface area contributed by atoms with Crippen LogP contribution in [0, 0.1) is 0 Å². The Morgan fingerprint density at radius 1 is 1.50 bits per heavy atom. The van der Waals surface area contributed by atoms with E-state index in [1.807, 2.05) is 0 Å². The van der Waals surface area contributed by atoms with Crippen LogP contribution in [0.1, 0.15) is 0 Å². The van der Waals surface area contributed by atoms with Gasteiger partial charge in [0.1, 0.15) is 5.75 Å². The molecule has 0 bridgehead atoms. The Balaban J connectivity index is 2.89. The summed E-state index contributed by atoms with van der Waals surface area (Å²) in [5, 5.41) is 19.6. The first-order chi connectivity index (χ1) is 5.59. The van der Waals surface area contributed by atoms with E-state index in [2.05, 4.69) is 5.32 Å². The Morgan fingerprint density at radius 2 is 2.17 bits per heavy atom. The van der Waals surface area contributed by atoms with E-state index in [9.17, 15) is 4.79 Å². The number of carbonyl (C=O) groups is 1. The maximum atomic E-state index is 10.1. The van der Waals surface area contributed by atoms with Crippen molar-refractivity contribution in [1.82, 2.24) is 0 Å². The Morgan fingerprint density at radius 3 is 2.67 bits per heavy atom. The number of rotatable bonds is 1. The van der Waals surface area contributed by atoms with Gasteiger partial charge >= 0.3 is 6.09 Å². The van der Waals surface area contributed by atoms with E-state index in [0.717, 1.165) is 0 Å². The van der Waals surface area contributed by atoms with Crippen molar-refractivity contribution >= 4 is 23.4 Å². The molecule has 64 valence electrons. The lowest BCUT2D eigenvalue weighted by Gasteiger charge is -2.01. The van der Waals surface area contributed by atoms with Crippen LogP contribution in [-0.4, -0.2) is 16.3 Å². The van der Waals surface area contributed by atoms with Crippen molar-refractivity contribution in [2.45, 2.75) is 0 Å². The van der Waals surface area contributed by atoms with Crippen LogP contribution in [0.5, 0.6) is 5.75 Å². The highest BCUT2D eigenvalue weighted by atomic mass is 35.5. The van der Waals surface area contributed by atoms with Crippen molar-refractivity contribution in [3.63, 3.8) is 0 Å². The molecule has 12 heavy (non-hydrogen) atoms. The lowest BCUT2D eigenvalue weighted by atomic mass is 10.3. The van der Waals surface area contributed by atoms with E-state index in [1.54, 1.807) is 0 Å². The second kappa shape index (κ2) is 3.32. The van der Waals surface area contributed by atoms with Gasteiger partial charge in [-0.2, -0.15) is 0 Å². The molecule has 1 aromatic rings. The summed E-state index contributed by atoms with van der Waals surface area (Å²) in [6, 6.07) is 4.09. The van der Waals surface area contributed by atoms with Gasteiger partial charge in [-0.05, 0) is 12.1 Å². The third kappa shape index (κ3) is 2.03. The lowest BCUT2D eigenvalue weighted by molar-refractivity contribution is 0.210. The van der Waals surface area contributed by atoms with Crippen molar-refractivity contribution < 1.29 is 15.0 Å². The zero-order valence-corrected chi connectivity index (χ0v) is 6.67. The molecule has 0 saturated heterocycles. The Hall–Kier alpha value is -1.42. The molecule has 0 aromatic heterocycles. The minimum absolute atomic E-state index is 0.150. The van der Waals surface area contributed by atoms with E-state index in [4.69, 9.17) is 21.8 Å². The summed E-state index contributed by atoms with van der Waals surface area (Å²) in [5.41, 5.74) is 0.282. The van der Waals surface area contributed by atoms with Gasteiger partial charge in [0.2, 0.25) is 0 Å². The minimum atomic E-state index is -1.18. The predicted molar refractivity (Wildman–Crippen MR) is 44.8 cm³/mol. The predicted octanol–water partition coefficient (Wildman–Crippen LogP) is 2.14. The molecule has 0 atom stereocenters. The van der Waals surface area contributed by atoms with Gasteiger partial charge in [-0.15, -0.1) is 0 Å². The van der Waals surface area contributed by atoms with Gasteiger partial charge in [0.15, 0.2) is 0 Å². The molecule has 0 unspecified atom stereocenters. The van der Waals surface area contributed by atoms with Crippen LogP contribution in [0.4, 0.5) is 10.5 Å². The largest absolute Gasteiger partial charge is 0.506 e. The van der Waals surface area contributed by atoms with Crippen molar-refractivity contribution in [3.8, 4) is 5.75 Å². The molecule has 5 heteroatoms. The number of phenolic OH excluding ortho intramolecular Hbond substituents is 1. The molecule has 0 fully saturated rings. The number of nitrogens with one attached hydrogen (secondary N) is 1. The zero-order valence-electron chi connectivity index (χ0n) is 5.91. The first kappa shape index (κ1) is 8.67. The molecule has 0 heterocycles. The third-order valence-corrected chi connectivity index (χ3v) is 1.52. The maximum Gasteiger partial charge on any atom is 0.409 e. The minimum Gasteiger partial charge on any atom is -0.506 e. The standard InChI is InChI=1S/C7H6ClNO3/c8-5-2-1-4(3-6(5)10)9-7(11)12/h1-3,9-10H,(H,11,12). The summed E-state index contributed by atoms with van der Waals surface area (Å²) in [4.78, 5) is 10.1. The number of hydrogen-bond acceptors (Lipinski definition) is 2. The average Bonchev–Trinajstić information content (AvgIpc) is 1.96. The summed E-state index contributed by atoms with van der Waals surface area (Å²) in [7, 11) is 0. The molecular weight excluding hydrogens is 182 g/mol. The van der Waals surface area contributed by atoms with Crippen molar-refractivity contribution in [1.29, 1.82) is 0 Å². The SMILES string of the molecule is O=C(O)Nc1ccc(Cl)c(O)c1. The van der Waals surface area contributed by atoms with Crippen LogP contribution in [0.2, 0.25) is 5.02 Å². The molecule has 1 rings (SSSR count). The van der Waals surface area contributed by atoms with Crippen molar-refractivity contribution in [2.24, 2.45) is 0 Å². The summed E-state index contributed by atoms with van der Waals surface area (Å²) >= 11 is 5.49. The summed E-state index contributed by atoms with van der Waals surface area (Å²) in [5.74, 6) is -0.150. The maximum absolute atomic E-state index is 10.1. The van der Waals surface area contributed by atoms with Gasteiger partial charge < -0.3 is 10.2 Å². The van der Waals surface area contributed by atoms with E-state index in [1.165, 1.54) is 18.2 Å². The molecular formula is C7H6ClNO3. The molecule has 4 nitrogen and oxygen atoms in total. The number of benzene rings is 1. The molecule has 1 aromatic carbocycles. The van der Waals surface area contributed by atoms with E-state index in [-0.39, 0.29) is 16.5 Å². The van der Waals surface area contributed by atoms with E-state index >= 15 is 0 Å². The highest BCUT2D eigenvalue weighted by Gasteiger charge is 2.01. The monoisotopic (exact) mass is 187 g/mol. The number of aromatic hydroxyl groups is 1. The summed E-state index contributed by atoms with van der Waals surface area (Å²) in [6.07, 6.45) is -1.18. The van der Waals surface area contributed by atoms with E-state index < -0.39 is 6.09 Å². The number of amides is 1. The second-order valence-electron chi connectivity index (χ2n) is 2.10.